The van der Waals surface area contributed by atoms with E-state index in [9.17, 15) is 0 Å². The maximum absolute atomic E-state index is 5.32. The zero-order valence-corrected chi connectivity index (χ0v) is 7.32. The zero-order chi connectivity index (χ0) is 7.61. The van der Waals surface area contributed by atoms with E-state index in [1.165, 1.54) is 12.8 Å². The Morgan fingerprint density at radius 1 is 1.50 bits per heavy atom. The van der Waals surface area contributed by atoms with Crippen LogP contribution in [0.2, 0.25) is 0 Å². The first-order valence-corrected chi connectivity index (χ1v) is 4.27. The lowest BCUT2D eigenvalue weighted by atomic mass is 9.87. The third-order valence-corrected chi connectivity index (χ3v) is 2.75. The van der Waals surface area contributed by atoms with Crippen LogP contribution < -0.4 is 11.3 Å². The highest BCUT2D eigenvalue weighted by Gasteiger charge is 2.26. The van der Waals surface area contributed by atoms with Crippen molar-refractivity contribution in [3.63, 3.8) is 0 Å². The lowest BCUT2D eigenvalue weighted by Crippen LogP contribution is -2.40. The highest BCUT2D eigenvalue weighted by Crippen LogP contribution is 2.32. The second kappa shape index (κ2) is 3.11. The highest BCUT2D eigenvalue weighted by molar-refractivity contribution is 7.81. The first-order chi connectivity index (χ1) is 4.64. The second-order valence-corrected chi connectivity index (χ2v) is 4.52. The van der Waals surface area contributed by atoms with Gasteiger partial charge in [0.1, 0.15) is 0 Å². The van der Waals surface area contributed by atoms with Crippen molar-refractivity contribution in [2.45, 2.75) is 43.4 Å². The molecule has 0 spiro atoms. The normalized spacial score (nSPS) is 41.7. The molecule has 3 heteroatoms. The van der Waals surface area contributed by atoms with Gasteiger partial charge in [0.2, 0.25) is 0 Å². The summed E-state index contributed by atoms with van der Waals surface area (Å²) in [6.45, 7) is 2.20. The standard InChI is InChI=1S/C7H16N2S/c1-7(10)4-2-6(9-8)3-5-7/h6,9-10H,2-5,8H2,1H3. The summed E-state index contributed by atoms with van der Waals surface area (Å²) in [6, 6.07) is 0.528. The van der Waals surface area contributed by atoms with Crippen LogP contribution in [0.15, 0.2) is 0 Å². The summed E-state index contributed by atoms with van der Waals surface area (Å²) < 4.78 is 0.257. The third-order valence-electron chi connectivity index (χ3n) is 2.30. The fourth-order valence-corrected chi connectivity index (χ4v) is 1.66. The quantitative estimate of drug-likeness (QED) is 0.305. The molecule has 0 aromatic carbocycles. The van der Waals surface area contributed by atoms with Crippen molar-refractivity contribution >= 4 is 12.6 Å². The molecule has 1 aliphatic rings. The van der Waals surface area contributed by atoms with Gasteiger partial charge >= 0.3 is 0 Å². The number of nitrogens with two attached hydrogens (primary N) is 1. The van der Waals surface area contributed by atoms with Crippen molar-refractivity contribution in [1.29, 1.82) is 0 Å². The highest BCUT2D eigenvalue weighted by atomic mass is 32.1. The molecule has 1 aliphatic carbocycles. The Kier molecular flexibility index (Phi) is 2.61. The first-order valence-electron chi connectivity index (χ1n) is 3.82. The van der Waals surface area contributed by atoms with Gasteiger partial charge < -0.3 is 0 Å². The molecule has 0 aromatic heterocycles. The summed E-state index contributed by atoms with van der Waals surface area (Å²) >= 11 is 4.53. The van der Waals surface area contributed by atoms with Crippen molar-refractivity contribution < 1.29 is 0 Å². The van der Waals surface area contributed by atoms with Crippen LogP contribution in [0.25, 0.3) is 0 Å². The van der Waals surface area contributed by atoms with Gasteiger partial charge in [0, 0.05) is 10.8 Å². The largest absolute Gasteiger partial charge is 0.271 e. The van der Waals surface area contributed by atoms with Crippen molar-refractivity contribution in [3.05, 3.63) is 0 Å². The number of hydrogen-bond donors (Lipinski definition) is 3. The minimum absolute atomic E-state index is 0.257. The van der Waals surface area contributed by atoms with Crippen LogP contribution in [-0.4, -0.2) is 10.8 Å². The van der Waals surface area contributed by atoms with Gasteiger partial charge in [0.15, 0.2) is 0 Å². The van der Waals surface area contributed by atoms with Gasteiger partial charge in [-0.3, -0.25) is 11.3 Å². The molecule has 0 aromatic rings. The van der Waals surface area contributed by atoms with E-state index >= 15 is 0 Å². The Morgan fingerprint density at radius 3 is 2.40 bits per heavy atom. The fraction of sp³-hybridized carbons (Fsp3) is 1.00. The smallest absolute Gasteiger partial charge is 0.0211 e. The Labute approximate surface area is 67.9 Å². The van der Waals surface area contributed by atoms with E-state index in [4.69, 9.17) is 5.84 Å². The molecule has 0 bridgehead atoms. The van der Waals surface area contributed by atoms with Crippen LogP contribution in [0.5, 0.6) is 0 Å². The van der Waals surface area contributed by atoms with Gasteiger partial charge in [0.05, 0.1) is 0 Å². The van der Waals surface area contributed by atoms with Crippen LogP contribution in [0.3, 0.4) is 0 Å². The summed E-state index contributed by atoms with van der Waals surface area (Å²) in [5, 5.41) is 0. The number of rotatable bonds is 1. The molecular formula is C7H16N2S. The number of nitrogens with one attached hydrogen (secondary N) is 1. The van der Waals surface area contributed by atoms with Gasteiger partial charge in [0.25, 0.3) is 0 Å². The molecule has 0 atom stereocenters. The molecule has 2 nitrogen and oxygen atoms in total. The van der Waals surface area contributed by atoms with Crippen molar-refractivity contribution in [2.75, 3.05) is 0 Å². The fourth-order valence-electron chi connectivity index (χ4n) is 1.41. The van der Waals surface area contributed by atoms with Crippen LogP contribution in [0, 0.1) is 0 Å². The van der Waals surface area contributed by atoms with Gasteiger partial charge in [-0.2, -0.15) is 12.6 Å². The Hall–Kier alpha value is 0.270. The lowest BCUT2D eigenvalue weighted by Gasteiger charge is -2.32. The SMILES string of the molecule is CC1(S)CCC(NN)CC1. The molecule has 1 fully saturated rings. The summed E-state index contributed by atoms with van der Waals surface area (Å²) in [7, 11) is 0. The minimum Gasteiger partial charge on any atom is -0.271 e. The average Bonchev–Trinajstić information content (AvgIpc) is 1.88. The van der Waals surface area contributed by atoms with E-state index < -0.39 is 0 Å². The molecule has 0 amide bonds. The van der Waals surface area contributed by atoms with Gasteiger partial charge in [-0.1, -0.05) is 6.92 Å². The minimum atomic E-state index is 0.257. The second-order valence-electron chi connectivity index (χ2n) is 3.44. The maximum atomic E-state index is 5.32. The summed E-state index contributed by atoms with van der Waals surface area (Å²) in [5.41, 5.74) is 2.81. The Bertz CT molecular complexity index is 104. The topological polar surface area (TPSA) is 38.0 Å². The summed E-state index contributed by atoms with van der Waals surface area (Å²) in [6.07, 6.45) is 4.67. The van der Waals surface area contributed by atoms with E-state index in [0.717, 1.165) is 12.8 Å². The van der Waals surface area contributed by atoms with Crippen LogP contribution in [0.4, 0.5) is 0 Å². The predicted octanol–water partition coefficient (Wildman–Crippen LogP) is 1.08. The molecule has 1 saturated carbocycles. The van der Waals surface area contributed by atoms with E-state index in [1.807, 2.05) is 0 Å². The molecule has 0 heterocycles. The van der Waals surface area contributed by atoms with E-state index in [-0.39, 0.29) is 4.75 Å². The monoisotopic (exact) mass is 160 g/mol. The molecule has 60 valence electrons. The molecule has 0 saturated heterocycles. The van der Waals surface area contributed by atoms with Gasteiger partial charge in [-0.15, -0.1) is 0 Å². The number of hydrazine groups is 1. The van der Waals surface area contributed by atoms with Gasteiger partial charge in [-0.25, -0.2) is 0 Å². The van der Waals surface area contributed by atoms with Gasteiger partial charge in [-0.05, 0) is 25.7 Å². The molecule has 0 unspecified atom stereocenters. The van der Waals surface area contributed by atoms with Crippen LogP contribution in [-0.2, 0) is 0 Å². The van der Waals surface area contributed by atoms with Crippen molar-refractivity contribution in [2.24, 2.45) is 5.84 Å². The Morgan fingerprint density at radius 2 is 2.00 bits per heavy atom. The van der Waals surface area contributed by atoms with Crippen molar-refractivity contribution in [1.82, 2.24) is 5.43 Å². The number of hydrogen-bond acceptors (Lipinski definition) is 3. The Balaban J connectivity index is 2.31. The maximum Gasteiger partial charge on any atom is 0.0211 e. The van der Waals surface area contributed by atoms with E-state index in [2.05, 4.69) is 25.0 Å². The molecular weight excluding hydrogens is 144 g/mol. The summed E-state index contributed by atoms with van der Waals surface area (Å²) in [5.74, 6) is 5.32. The third kappa shape index (κ3) is 2.15. The van der Waals surface area contributed by atoms with E-state index in [1.54, 1.807) is 0 Å². The van der Waals surface area contributed by atoms with Crippen molar-refractivity contribution in [3.8, 4) is 0 Å². The molecule has 0 radical (unpaired) electrons. The average molecular weight is 160 g/mol. The molecule has 1 rings (SSSR count). The summed E-state index contributed by atoms with van der Waals surface area (Å²) in [4.78, 5) is 0. The predicted molar refractivity (Wildman–Crippen MR) is 47.0 cm³/mol. The molecule has 10 heavy (non-hydrogen) atoms. The lowest BCUT2D eigenvalue weighted by molar-refractivity contribution is 0.336. The zero-order valence-electron chi connectivity index (χ0n) is 6.43. The molecule has 0 aliphatic heterocycles. The van der Waals surface area contributed by atoms with Crippen LogP contribution in [0.1, 0.15) is 32.6 Å². The molecule has 3 N–H and O–H groups in total. The number of thiol groups is 1. The van der Waals surface area contributed by atoms with Crippen LogP contribution >= 0.6 is 12.6 Å². The first kappa shape index (κ1) is 8.37. The van der Waals surface area contributed by atoms with E-state index in [0.29, 0.717) is 6.04 Å².